The summed E-state index contributed by atoms with van der Waals surface area (Å²) in [6.45, 7) is 3.75. The highest BCUT2D eigenvalue weighted by atomic mass is 15.3. The van der Waals surface area contributed by atoms with Gasteiger partial charge in [0.05, 0.1) is 5.56 Å². The first-order valence-electron chi connectivity index (χ1n) is 11.5. The molecule has 5 rings (SSSR count). The van der Waals surface area contributed by atoms with E-state index in [1.807, 2.05) is 48.0 Å². The number of pyridine rings is 1. The molecule has 0 radical (unpaired) electrons. The van der Waals surface area contributed by atoms with Crippen LogP contribution in [0.4, 0.5) is 11.6 Å². The van der Waals surface area contributed by atoms with E-state index in [0.717, 1.165) is 63.5 Å². The van der Waals surface area contributed by atoms with Crippen LogP contribution in [0.5, 0.6) is 0 Å². The number of anilines is 2. The first-order chi connectivity index (χ1) is 15.6. The third kappa shape index (κ3) is 3.83. The van der Waals surface area contributed by atoms with E-state index >= 15 is 0 Å². The molecule has 0 atom stereocenters. The van der Waals surface area contributed by atoms with Crippen molar-refractivity contribution in [3.05, 3.63) is 53.6 Å². The second-order valence-corrected chi connectivity index (χ2v) is 8.93. The van der Waals surface area contributed by atoms with Crippen LogP contribution in [0.2, 0.25) is 0 Å². The van der Waals surface area contributed by atoms with Crippen LogP contribution in [-0.4, -0.2) is 50.7 Å². The average molecular weight is 431 g/mol. The van der Waals surface area contributed by atoms with Crippen LogP contribution < -0.4 is 9.80 Å². The summed E-state index contributed by atoms with van der Waals surface area (Å²) in [5, 5.41) is 18.4. The second kappa shape index (κ2) is 8.65. The molecule has 0 aromatic carbocycles. The van der Waals surface area contributed by atoms with Crippen molar-refractivity contribution in [3.8, 4) is 6.07 Å². The summed E-state index contributed by atoms with van der Waals surface area (Å²) in [6, 6.07) is 10.6. The molecule has 0 bridgehead atoms. The minimum atomic E-state index is 0.512. The first kappa shape index (κ1) is 20.6. The van der Waals surface area contributed by atoms with Gasteiger partial charge in [-0.2, -0.15) is 15.5 Å². The van der Waals surface area contributed by atoms with Crippen LogP contribution in [0.3, 0.4) is 0 Å². The summed E-state index contributed by atoms with van der Waals surface area (Å²) < 4.78 is 3.97. The molecule has 0 amide bonds. The Morgan fingerprint density at radius 1 is 0.781 bits per heavy atom. The van der Waals surface area contributed by atoms with Gasteiger partial charge in [-0.1, -0.05) is 0 Å². The highest BCUT2D eigenvalue weighted by Gasteiger charge is 2.27. The molecule has 3 aromatic heterocycles. The smallest absolute Gasteiger partial charge is 0.148 e. The normalized spacial score (nSPS) is 18.2. The Labute approximate surface area is 189 Å². The van der Waals surface area contributed by atoms with Crippen molar-refractivity contribution in [2.75, 3.05) is 36.0 Å². The van der Waals surface area contributed by atoms with Crippen molar-refractivity contribution in [2.45, 2.75) is 37.5 Å². The summed E-state index contributed by atoms with van der Waals surface area (Å²) in [5.74, 6) is 2.87. The molecule has 2 fully saturated rings. The summed E-state index contributed by atoms with van der Waals surface area (Å²) >= 11 is 0. The quantitative estimate of drug-likeness (QED) is 0.633. The molecule has 32 heavy (non-hydrogen) atoms. The standard InChI is InChI=1S/C24H30N8/c1-29-21(5-11-26-29)18-7-13-31(14-8-18)23-4-3-20(17-25)24(28-23)32-15-9-19(10-16-32)22-6-12-27-30(22)2/h3-6,11-12,18-19H,7-10,13-16H2,1-2H3. The Balaban J connectivity index is 1.28. The molecular weight excluding hydrogens is 400 g/mol. The molecule has 5 heterocycles. The van der Waals surface area contributed by atoms with E-state index in [2.05, 4.69) is 38.2 Å². The Morgan fingerprint density at radius 3 is 1.78 bits per heavy atom. The SMILES string of the molecule is Cn1nccc1C1CCN(c2ccc(C#N)c(N3CCC(c4ccnn4C)CC3)n2)CC1. The van der Waals surface area contributed by atoms with Crippen LogP contribution in [0.15, 0.2) is 36.7 Å². The third-order valence-corrected chi connectivity index (χ3v) is 7.15. The molecule has 8 nitrogen and oxygen atoms in total. The van der Waals surface area contributed by atoms with E-state index in [0.29, 0.717) is 17.4 Å². The van der Waals surface area contributed by atoms with Crippen molar-refractivity contribution in [2.24, 2.45) is 14.1 Å². The lowest BCUT2D eigenvalue weighted by Gasteiger charge is -2.35. The van der Waals surface area contributed by atoms with Gasteiger partial charge in [0.1, 0.15) is 17.7 Å². The number of rotatable bonds is 4. The van der Waals surface area contributed by atoms with Gasteiger partial charge in [0.2, 0.25) is 0 Å². The molecular formula is C24H30N8. The van der Waals surface area contributed by atoms with Gasteiger partial charge in [0.25, 0.3) is 0 Å². The molecule has 0 N–H and O–H groups in total. The fourth-order valence-electron chi connectivity index (χ4n) is 5.30. The lowest BCUT2D eigenvalue weighted by atomic mass is 9.93. The predicted molar refractivity (Wildman–Crippen MR) is 124 cm³/mol. The molecule has 2 aliphatic heterocycles. The molecule has 2 saturated heterocycles. The van der Waals surface area contributed by atoms with Crippen molar-refractivity contribution in [1.29, 1.82) is 5.26 Å². The van der Waals surface area contributed by atoms with Gasteiger partial charge in [-0.05, 0) is 49.9 Å². The maximum Gasteiger partial charge on any atom is 0.148 e. The predicted octanol–water partition coefficient (Wildman–Crippen LogP) is 3.19. The van der Waals surface area contributed by atoms with Gasteiger partial charge in [0, 0.05) is 75.9 Å². The number of piperidine rings is 2. The Hall–Kier alpha value is -3.34. The Kier molecular flexibility index (Phi) is 5.56. The number of nitrogens with zero attached hydrogens (tertiary/aromatic N) is 8. The monoisotopic (exact) mass is 430 g/mol. The molecule has 8 heteroatoms. The fraction of sp³-hybridized carbons (Fsp3) is 0.500. The molecule has 0 saturated carbocycles. The maximum absolute atomic E-state index is 9.71. The summed E-state index contributed by atoms with van der Waals surface area (Å²) in [4.78, 5) is 9.65. The maximum atomic E-state index is 9.71. The second-order valence-electron chi connectivity index (χ2n) is 8.93. The van der Waals surface area contributed by atoms with Gasteiger partial charge >= 0.3 is 0 Å². The highest BCUT2D eigenvalue weighted by Crippen LogP contribution is 2.33. The van der Waals surface area contributed by atoms with Crippen LogP contribution in [-0.2, 0) is 14.1 Å². The van der Waals surface area contributed by atoms with Crippen molar-refractivity contribution in [1.82, 2.24) is 24.5 Å². The van der Waals surface area contributed by atoms with Crippen LogP contribution in [0, 0.1) is 11.3 Å². The molecule has 166 valence electrons. The molecule has 0 unspecified atom stereocenters. The summed E-state index contributed by atoms with van der Waals surface area (Å²) in [5.41, 5.74) is 3.27. The van der Waals surface area contributed by atoms with Crippen LogP contribution >= 0.6 is 0 Å². The lowest BCUT2D eigenvalue weighted by molar-refractivity contribution is 0.471. The molecule has 0 spiro atoms. The number of hydrogen-bond donors (Lipinski definition) is 0. The van der Waals surface area contributed by atoms with Crippen molar-refractivity contribution in [3.63, 3.8) is 0 Å². The third-order valence-electron chi connectivity index (χ3n) is 7.15. The van der Waals surface area contributed by atoms with Crippen LogP contribution in [0.25, 0.3) is 0 Å². The Bertz CT molecular complexity index is 1110. The van der Waals surface area contributed by atoms with Gasteiger partial charge in [-0.25, -0.2) is 4.98 Å². The van der Waals surface area contributed by atoms with E-state index in [1.165, 1.54) is 11.4 Å². The van der Waals surface area contributed by atoms with Gasteiger partial charge in [-0.15, -0.1) is 0 Å². The zero-order valence-corrected chi connectivity index (χ0v) is 18.9. The van der Waals surface area contributed by atoms with Crippen molar-refractivity contribution >= 4 is 11.6 Å². The van der Waals surface area contributed by atoms with E-state index in [-0.39, 0.29) is 0 Å². The topological polar surface area (TPSA) is 78.8 Å². The minimum absolute atomic E-state index is 0.512. The van der Waals surface area contributed by atoms with E-state index in [9.17, 15) is 5.26 Å². The highest BCUT2D eigenvalue weighted by molar-refractivity contribution is 5.59. The number of aryl methyl sites for hydroxylation is 2. The average Bonchev–Trinajstić information content (AvgIpc) is 3.47. The lowest BCUT2D eigenvalue weighted by Crippen LogP contribution is -2.36. The molecule has 0 aliphatic carbocycles. The molecule has 3 aromatic rings. The van der Waals surface area contributed by atoms with Gasteiger partial charge in [-0.3, -0.25) is 9.36 Å². The zero-order valence-electron chi connectivity index (χ0n) is 18.9. The first-order valence-corrected chi connectivity index (χ1v) is 11.5. The summed E-state index contributed by atoms with van der Waals surface area (Å²) in [6.07, 6.45) is 8.03. The number of hydrogen-bond acceptors (Lipinski definition) is 6. The zero-order chi connectivity index (χ0) is 22.1. The van der Waals surface area contributed by atoms with E-state index in [4.69, 9.17) is 4.98 Å². The Morgan fingerprint density at radius 2 is 1.31 bits per heavy atom. The number of nitriles is 1. The van der Waals surface area contributed by atoms with Crippen molar-refractivity contribution < 1.29 is 0 Å². The summed E-state index contributed by atoms with van der Waals surface area (Å²) in [7, 11) is 4.03. The minimum Gasteiger partial charge on any atom is -0.357 e. The van der Waals surface area contributed by atoms with E-state index in [1.54, 1.807) is 0 Å². The largest absolute Gasteiger partial charge is 0.357 e. The van der Waals surface area contributed by atoms with Gasteiger partial charge in [0.15, 0.2) is 0 Å². The number of aromatic nitrogens is 5. The van der Waals surface area contributed by atoms with Crippen LogP contribution in [0.1, 0.15) is 54.5 Å². The molecule has 2 aliphatic rings. The van der Waals surface area contributed by atoms with Gasteiger partial charge < -0.3 is 9.80 Å². The fourth-order valence-corrected chi connectivity index (χ4v) is 5.30. The van der Waals surface area contributed by atoms with E-state index < -0.39 is 0 Å².